The number of benzene rings is 2. The van der Waals surface area contributed by atoms with Gasteiger partial charge in [-0.3, -0.25) is 4.90 Å². The van der Waals surface area contributed by atoms with Crippen molar-refractivity contribution in [1.29, 1.82) is 0 Å². The van der Waals surface area contributed by atoms with Gasteiger partial charge in [0.1, 0.15) is 0 Å². The van der Waals surface area contributed by atoms with Crippen molar-refractivity contribution in [2.24, 2.45) is 0 Å². The van der Waals surface area contributed by atoms with E-state index in [2.05, 4.69) is 17.0 Å². The van der Waals surface area contributed by atoms with E-state index in [0.29, 0.717) is 0 Å². The largest absolute Gasteiger partial charge is 0.504 e. The second kappa shape index (κ2) is 5.60. The topological polar surface area (TPSA) is 62.2 Å². The first-order valence-corrected chi connectivity index (χ1v) is 8.13. The third-order valence-electron chi connectivity index (χ3n) is 5.20. The molecule has 0 bridgehead atoms. The van der Waals surface area contributed by atoms with Crippen LogP contribution in [0.1, 0.15) is 28.3 Å². The van der Waals surface area contributed by atoms with Crippen molar-refractivity contribution in [2.75, 3.05) is 20.8 Å². The predicted molar refractivity (Wildman–Crippen MR) is 89.9 cm³/mol. The zero-order valence-electron chi connectivity index (χ0n) is 13.9. The van der Waals surface area contributed by atoms with Crippen LogP contribution in [0.5, 0.6) is 23.0 Å². The molecule has 2 aromatic rings. The molecule has 1 atom stereocenters. The van der Waals surface area contributed by atoms with Crippen molar-refractivity contribution in [2.45, 2.75) is 25.4 Å². The summed E-state index contributed by atoms with van der Waals surface area (Å²) >= 11 is 0. The molecule has 126 valence electrons. The van der Waals surface area contributed by atoms with Crippen molar-refractivity contribution in [3.63, 3.8) is 0 Å². The molecule has 0 aliphatic carbocycles. The Morgan fingerprint density at radius 1 is 0.917 bits per heavy atom. The molecule has 0 amide bonds. The number of phenolic OH excluding ortho intramolecular Hbond substituents is 2. The summed E-state index contributed by atoms with van der Waals surface area (Å²) in [5.41, 5.74) is 4.73. The second-order valence-corrected chi connectivity index (χ2v) is 6.46. The number of nitrogens with zero attached hydrogens (tertiary/aromatic N) is 1. The first kappa shape index (κ1) is 15.1. The lowest BCUT2D eigenvalue weighted by Crippen LogP contribution is -2.39. The molecular weight excluding hydrogens is 307 g/mol. The van der Waals surface area contributed by atoms with E-state index in [9.17, 15) is 10.2 Å². The predicted octanol–water partition coefficient (Wildman–Crippen LogP) is 2.77. The number of phenols is 2. The Hall–Kier alpha value is -2.40. The fraction of sp³-hybridized carbons (Fsp3) is 0.368. The minimum Gasteiger partial charge on any atom is -0.504 e. The van der Waals surface area contributed by atoms with Crippen molar-refractivity contribution in [3.05, 3.63) is 46.5 Å². The SMILES string of the molecule is COc1cc2c(cc1OC)C1Cc3cc(O)c(O)cc3[13CH2]N1CC2. The standard InChI is InChI=1S/C19H21NO4/c1-23-18-8-11-3-4-20-10-13-7-17(22)16(21)6-12(13)5-15(20)14(11)9-19(18)24-2/h6-9,15,21-22H,3-5,10H2,1-2H3/i10+1. The summed E-state index contributed by atoms with van der Waals surface area (Å²) in [5.74, 6) is 1.42. The molecule has 2 aliphatic heterocycles. The third-order valence-corrected chi connectivity index (χ3v) is 5.20. The fourth-order valence-corrected chi connectivity index (χ4v) is 3.94. The minimum absolute atomic E-state index is 0.0454. The van der Waals surface area contributed by atoms with E-state index in [1.165, 1.54) is 11.1 Å². The highest BCUT2D eigenvalue weighted by atomic mass is 16.5. The summed E-state index contributed by atoms with van der Waals surface area (Å²) in [6.07, 6.45) is 1.78. The highest BCUT2D eigenvalue weighted by molar-refractivity contribution is 5.52. The van der Waals surface area contributed by atoms with E-state index >= 15 is 0 Å². The maximum Gasteiger partial charge on any atom is 0.161 e. The molecule has 5 nitrogen and oxygen atoms in total. The Morgan fingerprint density at radius 3 is 2.29 bits per heavy atom. The zero-order valence-corrected chi connectivity index (χ0v) is 13.9. The van der Waals surface area contributed by atoms with Crippen LogP contribution in [0.4, 0.5) is 0 Å². The molecule has 0 saturated carbocycles. The van der Waals surface area contributed by atoms with Crippen LogP contribution in [-0.2, 0) is 19.4 Å². The summed E-state index contributed by atoms with van der Waals surface area (Å²) in [6.45, 7) is 1.75. The van der Waals surface area contributed by atoms with E-state index in [1.807, 2.05) is 0 Å². The van der Waals surface area contributed by atoms with Gasteiger partial charge in [0, 0.05) is 19.1 Å². The van der Waals surface area contributed by atoms with E-state index in [0.717, 1.165) is 48.6 Å². The number of methoxy groups -OCH3 is 2. The lowest BCUT2D eigenvalue weighted by atomic mass is 9.86. The van der Waals surface area contributed by atoms with Crippen LogP contribution in [0.25, 0.3) is 0 Å². The third kappa shape index (κ3) is 2.27. The summed E-state index contributed by atoms with van der Waals surface area (Å²) in [4.78, 5) is 2.42. The molecule has 24 heavy (non-hydrogen) atoms. The lowest BCUT2D eigenvalue weighted by Gasteiger charge is -2.41. The van der Waals surface area contributed by atoms with Crippen molar-refractivity contribution < 1.29 is 19.7 Å². The van der Waals surface area contributed by atoms with Gasteiger partial charge in [0.05, 0.1) is 14.2 Å². The maximum atomic E-state index is 9.82. The van der Waals surface area contributed by atoms with E-state index in [-0.39, 0.29) is 17.5 Å². The number of rotatable bonds is 2. The van der Waals surface area contributed by atoms with Crippen LogP contribution < -0.4 is 9.47 Å². The smallest absolute Gasteiger partial charge is 0.161 e. The van der Waals surface area contributed by atoms with Crippen molar-refractivity contribution >= 4 is 0 Å². The normalized spacial score (nSPS) is 19.2. The van der Waals surface area contributed by atoms with Crippen LogP contribution in [0.3, 0.4) is 0 Å². The fourth-order valence-electron chi connectivity index (χ4n) is 3.94. The van der Waals surface area contributed by atoms with Crippen LogP contribution in [-0.4, -0.2) is 35.9 Å². The first-order valence-electron chi connectivity index (χ1n) is 8.13. The lowest BCUT2D eigenvalue weighted by molar-refractivity contribution is 0.160. The van der Waals surface area contributed by atoms with E-state index in [4.69, 9.17) is 9.47 Å². The summed E-state index contributed by atoms with van der Waals surface area (Å²) < 4.78 is 10.9. The van der Waals surface area contributed by atoms with Gasteiger partial charge >= 0.3 is 0 Å². The molecule has 2 aromatic carbocycles. The highest BCUT2D eigenvalue weighted by Gasteiger charge is 2.33. The average molecular weight is 328 g/mol. The minimum atomic E-state index is -0.0504. The van der Waals surface area contributed by atoms with Crippen LogP contribution >= 0.6 is 0 Å². The van der Waals surface area contributed by atoms with Gasteiger partial charge in [0.25, 0.3) is 0 Å². The molecule has 0 aromatic heterocycles. The number of hydrogen-bond acceptors (Lipinski definition) is 5. The summed E-state index contributed by atoms with van der Waals surface area (Å²) in [6, 6.07) is 7.79. The highest BCUT2D eigenvalue weighted by Crippen LogP contribution is 2.43. The number of aromatic hydroxyl groups is 2. The molecule has 4 rings (SSSR count). The monoisotopic (exact) mass is 328 g/mol. The molecule has 1 unspecified atom stereocenters. The molecule has 2 N–H and O–H groups in total. The molecular formula is C19H21NO4. The van der Waals surface area contributed by atoms with E-state index < -0.39 is 0 Å². The van der Waals surface area contributed by atoms with Gasteiger partial charge in [0.2, 0.25) is 0 Å². The Balaban J connectivity index is 1.77. The second-order valence-electron chi connectivity index (χ2n) is 6.46. The van der Waals surface area contributed by atoms with Gasteiger partial charge in [-0.2, -0.15) is 0 Å². The van der Waals surface area contributed by atoms with Crippen LogP contribution in [0.2, 0.25) is 0 Å². The average Bonchev–Trinajstić information content (AvgIpc) is 2.60. The Morgan fingerprint density at radius 2 is 1.58 bits per heavy atom. The number of fused-ring (bicyclic) bond motifs is 4. The van der Waals surface area contributed by atoms with Gasteiger partial charge < -0.3 is 19.7 Å². The Kier molecular flexibility index (Phi) is 3.53. The van der Waals surface area contributed by atoms with Crippen molar-refractivity contribution in [3.8, 4) is 23.0 Å². The Labute approximate surface area is 141 Å². The quantitative estimate of drug-likeness (QED) is 0.656. The molecule has 0 saturated heterocycles. The van der Waals surface area contributed by atoms with Gasteiger partial charge in [-0.15, -0.1) is 0 Å². The molecule has 2 aliphatic rings. The number of ether oxygens (including phenoxy) is 2. The summed E-state index contributed by atoms with van der Waals surface area (Å²) in [5, 5.41) is 19.6. The van der Waals surface area contributed by atoms with Gasteiger partial charge in [-0.1, -0.05) is 0 Å². The Bertz CT molecular complexity index is 802. The van der Waals surface area contributed by atoms with Gasteiger partial charge in [-0.25, -0.2) is 0 Å². The molecule has 0 spiro atoms. The molecule has 0 radical (unpaired) electrons. The molecule has 0 fully saturated rings. The van der Waals surface area contributed by atoms with Crippen molar-refractivity contribution in [1.82, 2.24) is 4.90 Å². The summed E-state index contributed by atoms with van der Waals surface area (Å²) in [7, 11) is 3.31. The number of hydrogen-bond donors (Lipinski definition) is 2. The molecule has 2 heterocycles. The van der Waals surface area contributed by atoms with Crippen LogP contribution in [0.15, 0.2) is 24.3 Å². The zero-order chi connectivity index (χ0) is 16.8. The van der Waals surface area contributed by atoms with Crippen LogP contribution in [0, 0.1) is 0 Å². The van der Waals surface area contributed by atoms with Gasteiger partial charge in [-0.05, 0) is 59.4 Å². The van der Waals surface area contributed by atoms with Gasteiger partial charge in [0.15, 0.2) is 23.0 Å². The first-order chi connectivity index (χ1) is 11.6. The van der Waals surface area contributed by atoms with E-state index in [1.54, 1.807) is 26.4 Å². The molecule has 5 heteroatoms. The maximum absolute atomic E-state index is 9.82.